The van der Waals surface area contributed by atoms with E-state index < -0.39 is 17.5 Å². The van der Waals surface area contributed by atoms with Crippen LogP contribution in [-0.2, 0) is 14.3 Å². The SMILES string of the molecule is CCCNC(=O)CN(C)C(=O)NC1(C(=O)O)CCOC1. The zero-order valence-corrected chi connectivity index (χ0v) is 11.8. The third kappa shape index (κ3) is 4.09. The number of carbonyl (C=O) groups excluding carboxylic acids is 2. The first-order chi connectivity index (χ1) is 9.41. The van der Waals surface area contributed by atoms with Crippen molar-refractivity contribution in [2.45, 2.75) is 25.3 Å². The fraction of sp³-hybridized carbons (Fsp3) is 0.750. The molecule has 3 N–H and O–H groups in total. The first-order valence-corrected chi connectivity index (χ1v) is 6.52. The molecule has 0 spiro atoms. The number of hydrogen-bond donors (Lipinski definition) is 3. The molecule has 114 valence electrons. The fourth-order valence-electron chi connectivity index (χ4n) is 1.79. The second-order valence-corrected chi connectivity index (χ2v) is 4.83. The van der Waals surface area contributed by atoms with Gasteiger partial charge in [0.1, 0.15) is 6.54 Å². The van der Waals surface area contributed by atoms with Gasteiger partial charge in [-0.2, -0.15) is 0 Å². The Bertz CT molecular complexity index is 379. The molecule has 1 unspecified atom stereocenters. The summed E-state index contributed by atoms with van der Waals surface area (Å²) in [7, 11) is 1.44. The maximum atomic E-state index is 11.9. The van der Waals surface area contributed by atoms with Gasteiger partial charge in [0, 0.05) is 26.6 Å². The number of ether oxygens (including phenoxy) is 1. The molecule has 8 nitrogen and oxygen atoms in total. The van der Waals surface area contributed by atoms with Gasteiger partial charge in [0.15, 0.2) is 5.54 Å². The number of aliphatic carboxylic acids is 1. The number of hydrogen-bond acceptors (Lipinski definition) is 4. The average Bonchev–Trinajstić information content (AvgIpc) is 2.86. The number of amides is 3. The molecule has 1 atom stereocenters. The molecular weight excluding hydrogens is 266 g/mol. The minimum Gasteiger partial charge on any atom is -0.479 e. The second-order valence-electron chi connectivity index (χ2n) is 4.83. The van der Waals surface area contributed by atoms with Gasteiger partial charge in [-0.3, -0.25) is 4.79 Å². The average molecular weight is 287 g/mol. The van der Waals surface area contributed by atoms with Gasteiger partial charge in [-0.1, -0.05) is 6.92 Å². The smallest absolute Gasteiger partial charge is 0.332 e. The first-order valence-electron chi connectivity index (χ1n) is 6.52. The monoisotopic (exact) mass is 287 g/mol. The highest BCUT2D eigenvalue weighted by atomic mass is 16.5. The molecular formula is C12H21N3O5. The number of carbonyl (C=O) groups is 3. The standard InChI is InChI=1S/C12H21N3O5/c1-3-5-13-9(16)7-15(2)11(19)14-12(10(17)18)4-6-20-8-12/h3-8H2,1-2H3,(H,13,16)(H,14,19)(H,17,18). The molecule has 0 saturated carbocycles. The highest BCUT2D eigenvalue weighted by Gasteiger charge is 2.44. The Balaban J connectivity index is 2.52. The van der Waals surface area contributed by atoms with E-state index in [2.05, 4.69) is 10.6 Å². The van der Waals surface area contributed by atoms with E-state index in [1.165, 1.54) is 7.05 Å². The molecule has 20 heavy (non-hydrogen) atoms. The van der Waals surface area contributed by atoms with Gasteiger partial charge in [0.2, 0.25) is 5.91 Å². The highest BCUT2D eigenvalue weighted by Crippen LogP contribution is 2.19. The van der Waals surface area contributed by atoms with Crippen molar-refractivity contribution < 1.29 is 24.2 Å². The van der Waals surface area contributed by atoms with Crippen LogP contribution in [0.2, 0.25) is 0 Å². The van der Waals surface area contributed by atoms with Crippen LogP contribution in [0.25, 0.3) is 0 Å². The Kier molecular flexibility index (Phi) is 5.75. The molecule has 8 heteroatoms. The lowest BCUT2D eigenvalue weighted by atomic mass is 9.99. The second kappa shape index (κ2) is 7.09. The van der Waals surface area contributed by atoms with Gasteiger partial charge in [-0.25, -0.2) is 9.59 Å². The summed E-state index contributed by atoms with van der Waals surface area (Å²) in [5.41, 5.74) is -1.40. The van der Waals surface area contributed by atoms with Gasteiger partial charge < -0.3 is 25.4 Å². The molecule has 0 aromatic heterocycles. The zero-order chi connectivity index (χ0) is 15.2. The fourth-order valence-corrected chi connectivity index (χ4v) is 1.79. The summed E-state index contributed by atoms with van der Waals surface area (Å²) in [5.74, 6) is -1.41. The molecule has 1 aliphatic rings. The van der Waals surface area contributed by atoms with E-state index in [4.69, 9.17) is 4.74 Å². The van der Waals surface area contributed by atoms with Gasteiger partial charge in [-0.05, 0) is 6.42 Å². The summed E-state index contributed by atoms with van der Waals surface area (Å²) in [6.45, 7) is 2.56. The van der Waals surface area contributed by atoms with E-state index >= 15 is 0 Å². The summed E-state index contributed by atoms with van der Waals surface area (Å²) >= 11 is 0. The Morgan fingerprint density at radius 3 is 2.60 bits per heavy atom. The highest BCUT2D eigenvalue weighted by molar-refractivity contribution is 5.89. The van der Waals surface area contributed by atoms with Gasteiger partial charge >= 0.3 is 12.0 Å². The van der Waals surface area contributed by atoms with Crippen LogP contribution in [0, 0.1) is 0 Å². The lowest BCUT2D eigenvalue weighted by Crippen LogP contribution is -2.58. The van der Waals surface area contributed by atoms with E-state index in [9.17, 15) is 19.5 Å². The Morgan fingerprint density at radius 1 is 1.40 bits per heavy atom. The van der Waals surface area contributed by atoms with E-state index in [1.54, 1.807) is 0 Å². The third-order valence-corrected chi connectivity index (χ3v) is 3.08. The maximum Gasteiger partial charge on any atom is 0.332 e. The lowest BCUT2D eigenvalue weighted by Gasteiger charge is -2.27. The molecule has 0 aromatic rings. The van der Waals surface area contributed by atoms with Crippen LogP contribution < -0.4 is 10.6 Å². The number of rotatable bonds is 6. The predicted molar refractivity (Wildman–Crippen MR) is 70.3 cm³/mol. The zero-order valence-electron chi connectivity index (χ0n) is 11.8. The Labute approximate surface area is 117 Å². The minimum absolute atomic E-state index is 0.0655. The van der Waals surface area contributed by atoms with Crippen LogP contribution in [0.5, 0.6) is 0 Å². The molecule has 1 saturated heterocycles. The van der Waals surface area contributed by atoms with Crippen molar-refractivity contribution in [2.24, 2.45) is 0 Å². The number of urea groups is 1. The summed E-state index contributed by atoms with van der Waals surface area (Å²) in [4.78, 5) is 35.8. The predicted octanol–water partition coefficient (Wildman–Crippen LogP) is -0.602. The van der Waals surface area contributed by atoms with Crippen LogP contribution in [-0.4, -0.2) is 66.8 Å². The number of carboxylic acid groups (broad SMARTS) is 1. The number of carboxylic acids is 1. The molecule has 1 heterocycles. The quantitative estimate of drug-likeness (QED) is 0.604. The Morgan fingerprint density at radius 2 is 2.10 bits per heavy atom. The molecule has 1 aliphatic heterocycles. The van der Waals surface area contributed by atoms with Gasteiger partial charge in [-0.15, -0.1) is 0 Å². The van der Waals surface area contributed by atoms with Crippen LogP contribution in [0.15, 0.2) is 0 Å². The summed E-state index contributed by atoms with van der Waals surface area (Å²) in [6, 6.07) is -0.607. The van der Waals surface area contributed by atoms with Crippen molar-refractivity contribution in [3.8, 4) is 0 Å². The number of likely N-dealkylation sites (N-methyl/N-ethyl adjacent to an activating group) is 1. The van der Waals surface area contributed by atoms with Crippen molar-refractivity contribution in [1.82, 2.24) is 15.5 Å². The van der Waals surface area contributed by atoms with Crippen molar-refractivity contribution in [3.05, 3.63) is 0 Å². The van der Waals surface area contributed by atoms with Gasteiger partial charge in [0.25, 0.3) is 0 Å². The molecule has 1 fully saturated rings. The summed E-state index contributed by atoms with van der Waals surface area (Å²) < 4.78 is 5.04. The third-order valence-electron chi connectivity index (χ3n) is 3.08. The van der Waals surface area contributed by atoms with Crippen molar-refractivity contribution in [3.63, 3.8) is 0 Å². The summed E-state index contributed by atoms with van der Waals surface area (Å²) in [6.07, 6.45) is 1.02. The lowest BCUT2D eigenvalue weighted by molar-refractivity contribution is -0.144. The molecule has 0 bridgehead atoms. The topological polar surface area (TPSA) is 108 Å². The van der Waals surface area contributed by atoms with Crippen LogP contribution in [0.3, 0.4) is 0 Å². The van der Waals surface area contributed by atoms with Crippen molar-refractivity contribution >= 4 is 17.9 Å². The molecule has 0 aliphatic carbocycles. The van der Waals surface area contributed by atoms with E-state index in [0.717, 1.165) is 11.3 Å². The van der Waals surface area contributed by atoms with Gasteiger partial charge in [0.05, 0.1) is 6.61 Å². The van der Waals surface area contributed by atoms with Crippen LogP contribution >= 0.6 is 0 Å². The maximum absolute atomic E-state index is 11.9. The first kappa shape index (κ1) is 16.2. The largest absolute Gasteiger partial charge is 0.479 e. The normalized spacial score (nSPS) is 21.3. The van der Waals surface area contributed by atoms with E-state index in [1.807, 2.05) is 6.92 Å². The number of nitrogens with one attached hydrogen (secondary N) is 2. The van der Waals surface area contributed by atoms with Crippen LogP contribution in [0.4, 0.5) is 4.79 Å². The van der Waals surface area contributed by atoms with Crippen LogP contribution in [0.1, 0.15) is 19.8 Å². The minimum atomic E-state index is -1.40. The molecule has 0 aromatic carbocycles. The number of nitrogens with zero attached hydrogens (tertiary/aromatic N) is 1. The van der Waals surface area contributed by atoms with E-state index in [0.29, 0.717) is 6.54 Å². The molecule has 3 amide bonds. The van der Waals surface area contributed by atoms with E-state index in [-0.39, 0.29) is 32.1 Å². The van der Waals surface area contributed by atoms with Crippen molar-refractivity contribution in [1.29, 1.82) is 0 Å². The van der Waals surface area contributed by atoms with Crippen molar-refractivity contribution in [2.75, 3.05) is 33.4 Å². The molecule has 1 rings (SSSR count). The Hall–Kier alpha value is -1.83. The summed E-state index contributed by atoms with van der Waals surface area (Å²) in [5, 5.41) is 14.3. The molecule has 0 radical (unpaired) electrons.